The van der Waals surface area contributed by atoms with Crippen LogP contribution in [0.4, 0.5) is 0 Å². The molecule has 0 aliphatic rings. The van der Waals surface area contributed by atoms with Crippen molar-refractivity contribution in [3.63, 3.8) is 0 Å². The number of nitrogens with zero attached hydrogens (tertiary/aromatic N) is 2. The Bertz CT molecular complexity index is 1990. The van der Waals surface area contributed by atoms with E-state index >= 15 is 0 Å². The maximum atomic E-state index is 12.2. The van der Waals surface area contributed by atoms with Crippen molar-refractivity contribution >= 4 is 70.6 Å². The minimum Gasteiger partial charge on any atom is -0.512 e. The average Bonchev–Trinajstić information content (AvgIpc) is 3.60. The van der Waals surface area contributed by atoms with E-state index in [-0.39, 0.29) is 47.9 Å². The first-order chi connectivity index (χ1) is 22.6. The molecule has 3 aromatic heterocycles. The Morgan fingerprint density at radius 3 is 2.08 bits per heavy atom. The number of aryl methyl sites for hydroxylation is 2. The molecule has 0 amide bonds. The monoisotopic (exact) mass is 892 g/mol. The molecule has 0 atom stereocenters. The molecule has 5 rings (SSSR count). The summed E-state index contributed by atoms with van der Waals surface area (Å²) < 4.78 is 3.80. The average molecular weight is 892 g/mol. The smallest absolute Gasteiger partial charge is 0.164 e. The van der Waals surface area contributed by atoms with Crippen LogP contribution in [0.3, 0.4) is 0 Å². The molecule has 2 aromatic carbocycles. The number of rotatable bonds is 10. The Morgan fingerprint density at radius 2 is 1.51 bits per heavy atom. The third kappa shape index (κ3) is 8.25. The SMILES string of the molecule is C=CSc1c[c-]c(-c2ncnc3c2sc2c3ccc3c(C)c(C)sc32)cc1C(C)(C)C.CCC(C)(CC)C(=O)/C=C(\O)C(C)(CC)CC.[Ir]. The number of carbonyl (C=O) groups is 1. The van der Waals surface area contributed by atoms with E-state index in [9.17, 15) is 9.90 Å². The van der Waals surface area contributed by atoms with Gasteiger partial charge in [0, 0.05) is 57.7 Å². The molecule has 5 aromatic rings. The van der Waals surface area contributed by atoms with E-state index in [1.165, 1.54) is 47.1 Å². The van der Waals surface area contributed by atoms with Gasteiger partial charge in [-0.1, -0.05) is 85.9 Å². The molecule has 0 fully saturated rings. The van der Waals surface area contributed by atoms with Gasteiger partial charge in [-0.15, -0.1) is 52.0 Å². The molecule has 3 heterocycles. The van der Waals surface area contributed by atoms with Crippen molar-refractivity contribution in [2.24, 2.45) is 10.8 Å². The number of aromatic nitrogens is 2. The summed E-state index contributed by atoms with van der Waals surface area (Å²) in [5.41, 5.74) is 5.09. The summed E-state index contributed by atoms with van der Waals surface area (Å²) >= 11 is 5.34. The van der Waals surface area contributed by atoms with Crippen LogP contribution in [0.25, 0.3) is 41.6 Å². The summed E-state index contributed by atoms with van der Waals surface area (Å²) in [5, 5.41) is 14.6. The number of thioether (sulfide) groups is 1. The number of ketones is 1. The number of allylic oxidation sites excluding steroid dienone is 2. The van der Waals surface area contributed by atoms with Gasteiger partial charge >= 0.3 is 0 Å². The van der Waals surface area contributed by atoms with Crippen molar-refractivity contribution in [1.82, 2.24) is 9.97 Å². The second kappa shape index (κ2) is 16.3. The van der Waals surface area contributed by atoms with E-state index in [0.29, 0.717) is 0 Å². The zero-order valence-corrected chi connectivity index (χ0v) is 35.7. The van der Waals surface area contributed by atoms with Crippen LogP contribution >= 0.6 is 34.4 Å². The Balaban J connectivity index is 0.000000312. The fraction of sp³-hybridized carbons (Fsp3) is 0.439. The first kappa shape index (κ1) is 41.1. The van der Waals surface area contributed by atoms with Gasteiger partial charge in [0.25, 0.3) is 0 Å². The number of hydrogen-bond donors (Lipinski definition) is 1. The number of aliphatic hydroxyl groups excluding tert-OH is 1. The molecule has 8 heteroatoms. The number of hydrogen-bond acceptors (Lipinski definition) is 7. The second-order valence-corrected chi connectivity index (χ2v) is 17.4. The molecular formula is C41H51IrN2O2S3-. The summed E-state index contributed by atoms with van der Waals surface area (Å²) in [4.78, 5) is 24.2. The predicted molar refractivity (Wildman–Crippen MR) is 212 cm³/mol. The van der Waals surface area contributed by atoms with Crippen LogP contribution in [-0.4, -0.2) is 20.9 Å². The van der Waals surface area contributed by atoms with E-state index in [0.717, 1.165) is 47.2 Å². The van der Waals surface area contributed by atoms with Crippen molar-refractivity contribution in [3.05, 3.63) is 76.5 Å². The van der Waals surface area contributed by atoms with E-state index < -0.39 is 0 Å². The number of carbonyl (C=O) groups excluding carboxylic acids is 1. The standard InChI is InChI=1S/C26H23N2S3.C15H28O2.Ir/c1-7-29-20-11-8-16(12-19(20)26(4,5)6)21-25-22(28-13-27-21)18-10-9-17-14(2)15(3)30-23(17)24(18)31-25;1-7-14(5,8-2)12(16)11-13(17)15(6,9-3)10-4;/h7,9-13H,1H2,2-6H3;11,16H,7-10H2,1-6H3;/q-1;;/b;12-11-;. The van der Waals surface area contributed by atoms with Crippen molar-refractivity contribution in [3.8, 4) is 11.3 Å². The summed E-state index contributed by atoms with van der Waals surface area (Å²) in [7, 11) is 0. The van der Waals surface area contributed by atoms with Gasteiger partial charge in [-0.25, -0.2) is 4.98 Å². The number of fused-ring (bicyclic) bond motifs is 5. The minimum atomic E-state index is -0.337. The molecule has 0 aliphatic heterocycles. The zero-order valence-electron chi connectivity index (χ0n) is 30.9. The second-order valence-electron chi connectivity index (χ2n) is 14.2. The Labute approximate surface area is 319 Å². The Hall–Kier alpha value is -2.35. The van der Waals surface area contributed by atoms with Crippen LogP contribution in [0.5, 0.6) is 0 Å². The molecule has 0 unspecified atom stereocenters. The van der Waals surface area contributed by atoms with Crippen molar-refractivity contribution in [2.45, 2.75) is 112 Å². The van der Waals surface area contributed by atoms with Gasteiger partial charge in [0.15, 0.2) is 5.78 Å². The van der Waals surface area contributed by atoms with E-state index in [4.69, 9.17) is 4.98 Å². The predicted octanol–water partition coefficient (Wildman–Crippen LogP) is 13.3. The van der Waals surface area contributed by atoms with Crippen LogP contribution < -0.4 is 0 Å². The molecular weight excluding hydrogens is 841 g/mol. The summed E-state index contributed by atoms with van der Waals surface area (Å²) in [6.45, 7) is 27.1. The van der Waals surface area contributed by atoms with Gasteiger partial charge in [-0.05, 0) is 61.3 Å². The molecule has 1 radical (unpaired) electrons. The van der Waals surface area contributed by atoms with E-state index in [1.807, 2.05) is 58.3 Å². The van der Waals surface area contributed by atoms with Gasteiger partial charge in [-0.3, -0.25) is 9.78 Å². The van der Waals surface area contributed by atoms with Crippen LogP contribution in [0.2, 0.25) is 0 Å². The van der Waals surface area contributed by atoms with Gasteiger partial charge < -0.3 is 5.11 Å². The molecule has 265 valence electrons. The number of thiophene rings is 2. The van der Waals surface area contributed by atoms with Gasteiger partial charge in [0.05, 0.1) is 14.9 Å². The first-order valence-electron chi connectivity index (χ1n) is 16.9. The summed E-state index contributed by atoms with van der Waals surface area (Å²) in [6, 6.07) is 12.3. The molecule has 0 aliphatic carbocycles. The van der Waals surface area contributed by atoms with Crippen LogP contribution in [0.1, 0.15) is 104 Å². The summed E-state index contributed by atoms with van der Waals surface area (Å²) in [6.07, 6.45) is 6.44. The van der Waals surface area contributed by atoms with Crippen LogP contribution in [0, 0.1) is 30.7 Å². The third-order valence-electron chi connectivity index (χ3n) is 10.4. The van der Waals surface area contributed by atoms with E-state index in [2.05, 4.69) is 76.5 Å². The molecule has 0 saturated heterocycles. The topological polar surface area (TPSA) is 63.1 Å². The Kier molecular flexibility index (Phi) is 13.7. The number of aliphatic hydroxyl groups is 1. The number of benzene rings is 2. The van der Waals surface area contributed by atoms with Gasteiger partial charge in [0.2, 0.25) is 0 Å². The van der Waals surface area contributed by atoms with E-state index in [1.54, 1.807) is 29.4 Å². The van der Waals surface area contributed by atoms with Crippen LogP contribution in [0.15, 0.2) is 59.3 Å². The quantitative estimate of drug-likeness (QED) is 0.0655. The zero-order chi connectivity index (χ0) is 35.6. The molecule has 0 bridgehead atoms. The largest absolute Gasteiger partial charge is 0.512 e. The van der Waals surface area contributed by atoms with Crippen molar-refractivity contribution in [2.75, 3.05) is 0 Å². The molecule has 0 saturated carbocycles. The fourth-order valence-electron chi connectivity index (χ4n) is 5.69. The first-order valence-corrected chi connectivity index (χ1v) is 19.5. The third-order valence-corrected chi connectivity index (χ3v) is 13.7. The van der Waals surface area contributed by atoms with Crippen LogP contribution in [-0.2, 0) is 30.3 Å². The fourth-order valence-corrected chi connectivity index (χ4v) is 9.05. The Morgan fingerprint density at radius 1 is 0.918 bits per heavy atom. The molecule has 0 spiro atoms. The maximum Gasteiger partial charge on any atom is 0.164 e. The van der Waals surface area contributed by atoms with Crippen molar-refractivity contribution in [1.29, 1.82) is 0 Å². The van der Waals surface area contributed by atoms with Gasteiger partial charge in [-0.2, -0.15) is 11.8 Å². The molecule has 4 nitrogen and oxygen atoms in total. The minimum absolute atomic E-state index is 0. The molecule has 49 heavy (non-hydrogen) atoms. The summed E-state index contributed by atoms with van der Waals surface area (Å²) in [5.74, 6) is 0.286. The van der Waals surface area contributed by atoms with Gasteiger partial charge in [0.1, 0.15) is 12.1 Å². The normalized spacial score (nSPS) is 12.6. The van der Waals surface area contributed by atoms with Crippen molar-refractivity contribution < 1.29 is 30.0 Å². The maximum absolute atomic E-state index is 12.2. The molecule has 1 N–H and O–H groups in total.